The minimum Gasteiger partial charge on any atom is -0.379 e. The van der Waals surface area contributed by atoms with Crippen LogP contribution < -0.4 is 10.2 Å². The van der Waals surface area contributed by atoms with E-state index in [0.717, 1.165) is 71.4 Å². The van der Waals surface area contributed by atoms with Crippen LogP contribution in [0.25, 0.3) is 0 Å². The third kappa shape index (κ3) is 4.04. The van der Waals surface area contributed by atoms with Gasteiger partial charge >= 0.3 is 0 Å². The molecule has 1 amide bonds. The Morgan fingerprint density at radius 3 is 2.77 bits per heavy atom. The Hall–Kier alpha value is -1.80. The molecule has 1 aromatic heterocycles. The van der Waals surface area contributed by atoms with Crippen LogP contribution in [0.5, 0.6) is 0 Å². The molecule has 0 spiro atoms. The van der Waals surface area contributed by atoms with Crippen molar-refractivity contribution >= 4 is 11.7 Å². The molecule has 8 heteroatoms. The lowest BCUT2D eigenvalue weighted by molar-refractivity contribution is -0.139. The lowest BCUT2D eigenvalue weighted by Crippen LogP contribution is -2.61. The van der Waals surface area contributed by atoms with Crippen LogP contribution in [0, 0.1) is 17.2 Å². The molecule has 0 bridgehead atoms. The first kappa shape index (κ1) is 21.1. The zero-order valence-corrected chi connectivity index (χ0v) is 18.5. The van der Waals surface area contributed by atoms with Crippen LogP contribution >= 0.6 is 0 Å². The van der Waals surface area contributed by atoms with Gasteiger partial charge in [0.25, 0.3) is 0 Å². The van der Waals surface area contributed by atoms with Crippen LogP contribution in [-0.4, -0.2) is 72.3 Å². The minimum absolute atomic E-state index is 0.176. The third-order valence-corrected chi connectivity index (χ3v) is 7.89. The highest BCUT2D eigenvalue weighted by Crippen LogP contribution is 2.49. The average molecular weight is 432 g/mol. The summed E-state index contributed by atoms with van der Waals surface area (Å²) in [6, 6.07) is 0.849. The van der Waals surface area contributed by atoms with E-state index in [1.165, 1.54) is 6.33 Å². The van der Waals surface area contributed by atoms with Crippen molar-refractivity contribution in [3.63, 3.8) is 0 Å². The fourth-order valence-electron chi connectivity index (χ4n) is 5.88. The molecular weight excluding hydrogens is 397 g/mol. The van der Waals surface area contributed by atoms with E-state index in [2.05, 4.69) is 20.2 Å². The monoisotopic (exact) mass is 431 g/mol. The molecule has 170 valence electrons. The predicted octanol–water partition coefficient (Wildman–Crippen LogP) is 2.15. The number of anilines is 1. The number of fused-ring (bicyclic) bond motifs is 1. The number of rotatable bonds is 5. The predicted molar refractivity (Wildman–Crippen MR) is 115 cm³/mol. The number of hydrogen-bond acceptors (Lipinski definition) is 6. The summed E-state index contributed by atoms with van der Waals surface area (Å²) >= 11 is 0. The largest absolute Gasteiger partial charge is 0.379 e. The lowest BCUT2D eigenvalue weighted by atomic mass is 9.60. The standard InChI is InChI=1S/C23H34FN5O2/c1-2-19-20(24)21(26-15-25-19)29-8-6-16-13-18(28-9-11-31-12-10-28)5-7-23(16,14-29)22(30)27-17-3-4-17/h15-18H,2-14H2,1H3,(H,27,30)/t16-,18-,23-/m1/s1. The highest BCUT2D eigenvalue weighted by molar-refractivity contribution is 5.84. The number of halogens is 1. The number of morpholine rings is 1. The smallest absolute Gasteiger partial charge is 0.228 e. The molecule has 2 saturated heterocycles. The summed E-state index contributed by atoms with van der Waals surface area (Å²) in [6.45, 7) is 6.75. The highest BCUT2D eigenvalue weighted by Gasteiger charge is 2.53. The van der Waals surface area contributed by atoms with E-state index >= 15 is 4.39 Å². The Bertz CT molecular complexity index is 813. The zero-order chi connectivity index (χ0) is 21.4. The van der Waals surface area contributed by atoms with E-state index in [4.69, 9.17) is 4.74 Å². The lowest BCUT2D eigenvalue weighted by Gasteiger charge is -2.53. The Labute approximate surface area is 183 Å². The molecule has 2 aliphatic carbocycles. The molecule has 0 radical (unpaired) electrons. The van der Waals surface area contributed by atoms with Gasteiger partial charge in [-0.2, -0.15) is 0 Å². The van der Waals surface area contributed by atoms with Crippen molar-refractivity contribution in [2.75, 3.05) is 44.3 Å². The first-order chi connectivity index (χ1) is 15.1. The van der Waals surface area contributed by atoms with Crippen LogP contribution in [0.4, 0.5) is 10.2 Å². The fraction of sp³-hybridized carbons (Fsp3) is 0.783. The number of amides is 1. The molecule has 1 N–H and O–H groups in total. The number of hydrogen-bond donors (Lipinski definition) is 1. The third-order valence-electron chi connectivity index (χ3n) is 7.89. The number of nitrogens with zero attached hydrogens (tertiary/aromatic N) is 4. The van der Waals surface area contributed by atoms with Gasteiger partial charge in [-0.25, -0.2) is 14.4 Å². The van der Waals surface area contributed by atoms with Crippen molar-refractivity contribution in [3.05, 3.63) is 17.8 Å². The maximum atomic E-state index is 15.0. The zero-order valence-electron chi connectivity index (χ0n) is 18.5. The van der Waals surface area contributed by atoms with Crippen molar-refractivity contribution in [2.45, 2.75) is 64.0 Å². The SMILES string of the molecule is CCc1ncnc(N2CC[C@@H]3C[C@H](N4CCOCC4)CC[C@@]3(C(=O)NC3CC3)C2)c1F. The van der Waals surface area contributed by atoms with Gasteiger partial charge in [-0.05, 0) is 50.9 Å². The van der Waals surface area contributed by atoms with Gasteiger partial charge in [-0.1, -0.05) is 6.92 Å². The summed E-state index contributed by atoms with van der Waals surface area (Å²) in [4.78, 5) is 26.5. The number of carbonyl (C=O) groups is 1. The molecule has 4 aliphatic rings. The van der Waals surface area contributed by atoms with E-state index in [1.807, 2.05) is 11.8 Å². The highest BCUT2D eigenvalue weighted by atomic mass is 19.1. The molecular formula is C23H34FN5O2. The molecule has 1 aromatic rings. The molecule has 5 rings (SSSR count). The van der Waals surface area contributed by atoms with Crippen LogP contribution in [0.3, 0.4) is 0 Å². The summed E-state index contributed by atoms with van der Waals surface area (Å²) in [5.41, 5.74) is -0.0208. The van der Waals surface area contributed by atoms with E-state index < -0.39 is 5.41 Å². The summed E-state index contributed by atoms with van der Waals surface area (Å²) in [5.74, 6) is 0.525. The number of piperidine rings is 1. The summed E-state index contributed by atoms with van der Waals surface area (Å²) in [6.07, 6.45) is 7.93. The second kappa shape index (κ2) is 8.62. The Kier molecular flexibility index (Phi) is 5.86. The summed E-state index contributed by atoms with van der Waals surface area (Å²) in [5, 5.41) is 3.29. The second-order valence-electron chi connectivity index (χ2n) is 9.70. The van der Waals surface area contributed by atoms with E-state index in [-0.39, 0.29) is 11.7 Å². The molecule has 4 fully saturated rings. The number of aromatic nitrogens is 2. The van der Waals surface area contributed by atoms with Crippen molar-refractivity contribution in [1.29, 1.82) is 0 Å². The molecule has 0 aromatic carbocycles. The van der Waals surface area contributed by atoms with Crippen molar-refractivity contribution < 1.29 is 13.9 Å². The second-order valence-corrected chi connectivity index (χ2v) is 9.70. The first-order valence-electron chi connectivity index (χ1n) is 12.0. The van der Waals surface area contributed by atoms with E-state index in [9.17, 15) is 4.79 Å². The van der Waals surface area contributed by atoms with E-state index in [0.29, 0.717) is 42.5 Å². The Morgan fingerprint density at radius 1 is 1.23 bits per heavy atom. The van der Waals surface area contributed by atoms with Gasteiger partial charge in [0.05, 0.1) is 24.3 Å². The van der Waals surface area contributed by atoms with Crippen LogP contribution in [0.2, 0.25) is 0 Å². The van der Waals surface area contributed by atoms with E-state index in [1.54, 1.807) is 0 Å². The maximum absolute atomic E-state index is 15.0. The summed E-state index contributed by atoms with van der Waals surface area (Å²) < 4.78 is 20.6. The Balaban J connectivity index is 1.39. The maximum Gasteiger partial charge on any atom is 0.228 e. The summed E-state index contributed by atoms with van der Waals surface area (Å²) in [7, 11) is 0. The number of aryl methyl sites for hydroxylation is 1. The van der Waals surface area contributed by atoms with Crippen molar-refractivity contribution in [3.8, 4) is 0 Å². The molecule has 2 aliphatic heterocycles. The molecule has 2 saturated carbocycles. The van der Waals surface area contributed by atoms with Crippen LogP contribution in [0.15, 0.2) is 6.33 Å². The van der Waals surface area contributed by atoms with Gasteiger partial charge in [0.15, 0.2) is 11.6 Å². The van der Waals surface area contributed by atoms with Gasteiger partial charge in [0.2, 0.25) is 5.91 Å². The number of nitrogens with one attached hydrogen (secondary N) is 1. The van der Waals surface area contributed by atoms with Gasteiger partial charge in [0, 0.05) is 38.3 Å². The van der Waals surface area contributed by atoms with Gasteiger partial charge in [-0.3, -0.25) is 9.69 Å². The molecule has 7 nitrogen and oxygen atoms in total. The van der Waals surface area contributed by atoms with Gasteiger partial charge < -0.3 is 15.0 Å². The first-order valence-corrected chi connectivity index (χ1v) is 12.0. The van der Waals surface area contributed by atoms with Crippen molar-refractivity contribution in [2.24, 2.45) is 11.3 Å². The Morgan fingerprint density at radius 2 is 2.03 bits per heavy atom. The van der Waals surface area contributed by atoms with Crippen LogP contribution in [0.1, 0.15) is 51.1 Å². The number of ether oxygens (including phenoxy) is 1. The number of carbonyl (C=O) groups excluding carboxylic acids is 1. The molecule has 31 heavy (non-hydrogen) atoms. The average Bonchev–Trinajstić information content (AvgIpc) is 3.63. The molecule has 0 unspecified atom stereocenters. The fourth-order valence-corrected chi connectivity index (χ4v) is 5.88. The quantitative estimate of drug-likeness (QED) is 0.771. The molecule has 3 atom stereocenters. The van der Waals surface area contributed by atoms with Gasteiger partial charge in [0.1, 0.15) is 6.33 Å². The topological polar surface area (TPSA) is 70.6 Å². The van der Waals surface area contributed by atoms with Gasteiger partial charge in [-0.15, -0.1) is 0 Å². The minimum atomic E-state index is -0.465. The van der Waals surface area contributed by atoms with Crippen LogP contribution in [-0.2, 0) is 16.0 Å². The van der Waals surface area contributed by atoms with Crippen molar-refractivity contribution in [1.82, 2.24) is 20.2 Å². The normalized spacial score (nSPS) is 31.9. The molecule has 3 heterocycles.